The van der Waals surface area contributed by atoms with Crippen molar-refractivity contribution in [2.24, 2.45) is 0 Å². The van der Waals surface area contributed by atoms with Crippen LogP contribution in [-0.4, -0.2) is 31.0 Å². The van der Waals surface area contributed by atoms with E-state index in [4.69, 9.17) is 0 Å². The number of hydrogen-bond acceptors (Lipinski definition) is 2. The standard InChI is InChI=1S/C24H27BrINOS/c1-16-24(22(28)27(2)23(26-16)29-3)14-13-18-8-5-4-7-17(18)9-6-10-19-11-12-20(25)15-21(19)24/h4-5,7-8,11-12,15-16H,6,9-10,13-14H2,1-3H3. The van der Waals surface area contributed by atoms with Crippen LogP contribution in [0.2, 0.25) is 0 Å². The molecule has 2 nitrogen and oxygen atoms in total. The van der Waals surface area contributed by atoms with E-state index in [1.807, 2.05) is 11.9 Å². The first kappa shape index (κ1) is 21.6. The van der Waals surface area contributed by atoms with Gasteiger partial charge in [0.1, 0.15) is 2.96 Å². The van der Waals surface area contributed by atoms with Crippen LogP contribution < -0.4 is 0 Å². The van der Waals surface area contributed by atoms with Crippen LogP contribution in [0.4, 0.5) is 0 Å². The van der Waals surface area contributed by atoms with Crippen molar-refractivity contribution in [3.8, 4) is 0 Å². The Labute approximate surface area is 196 Å². The first-order valence-electron chi connectivity index (χ1n) is 10.2. The van der Waals surface area contributed by atoms with Gasteiger partial charge in [-0.3, -0.25) is 4.79 Å². The van der Waals surface area contributed by atoms with E-state index in [2.05, 4.69) is 71.6 Å². The SMILES string of the molecule is CSC1=IC(C)C2(CCc3ccccc3CCCc3ccc(Br)cc32)C(=O)N1C. The normalized spacial score (nSPS) is 25.0. The van der Waals surface area contributed by atoms with Gasteiger partial charge in [-0.25, -0.2) is 0 Å². The number of likely N-dealkylation sites (N-methyl/N-ethyl adjacent to an activating group) is 1. The molecule has 1 spiro atoms. The van der Waals surface area contributed by atoms with Crippen molar-refractivity contribution >= 4 is 57.3 Å². The molecule has 0 saturated carbocycles. The molecule has 1 aliphatic heterocycles. The van der Waals surface area contributed by atoms with Crippen molar-refractivity contribution in [3.63, 3.8) is 0 Å². The predicted molar refractivity (Wildman–Crippen MR) is 137 cm³/mol. The van der Waals surface area contributed by atoms with Gasteiger partial charge in [-0.15, -0.1) is 11.8 Å². The molecule has 1 aliphatic carbocycles. The number of aryl methyl sites for hydroxylation is 3. The molecule has 2 aromatic rings. The van der Waals surface area contributed by atoms with E-state index >= 15 is 0 Å². The third kappa shape index (κ3) is 3.87. The number of carbonyl (C=O) groups excluding carboxylic acids is 1. The summed E-state index contributed by atoms with van der Waals surface area (Å²) in [7, 11) is 1.99. The quantitative estimate of drug-likeness (QED) is 0.299. The molecule has 2 unspecified atom stereocenters. The number of amides is 1. The molecule has 0 fully saturated rings. The van der Waals surface area contributed by atoms with E-state index in [1.54, 1.807) is 11.8 Å². The number of nitrogens with zero attached hydrogens (tertiary/aromatic N) is 1. The summed E-state index contributed by atoms with van der Waals surface area (Å²) in [4.78, 5) is 16.0. The Bertz CT molecular complexity index is 975. The van der Waals surface area contributed by atoms with E-state index < -0.39 is 5.41 Å². The molecule has 29 heavy (non-hydrogen) atoms. The average molecular weight is 584 g/mol. The first-order chi connectivity index (χ1) is 14.0. The Kier molecular flexibility index (Phi) is 6.57. The number of hydrogen-bond donors (Lipinski definition) is 0. The Balaban J connectivity index is 1.91. The molecule has 2 aromatic carbocycles. The highest BCUT2D eigenvalue weighted by Crippen LogP contribution is 2.48. The van der Waals surface area contributed by atoms with E-state index in [0.717, 1.165) is 36.6 Å². The summed E-state index contributed by atoms with van der Waals surface area (Å²) in [6, 6.07) is 15.5. The van der Waals surface area contributed by atoms with E-state index in [-0.39, 0.29) is 26.6 Å². The Morgan fingerprint density at radius 2 is 1.79 bits per heavy atom. The molecular weight excluding hydrogens is 557 g/mol. The van der Waals surface area contributed by atoms with E-state index in [9.17, 15) is 4.79 Å². The van der Waals surface area contributed by atoms with Gasteiger partial charge in [0.2, 0.25) is 5.91 Å². The van der Waals surface area contributed by atoms with E-state index in [0.29, 0.717) is 3.92 Å². The predicted octanol–water partition coefficient (Wildman–Crippen LogP) is 6.09. The molecule has 5 heteroatoms. The molecule has 4 rings (SSSR count). The zero-order valence-corrected chi connectivity index (χ0v) is 21.7. The second-order valence-corrected chi connectivity index (χ2v) is 13.9. The molecule has 2 atom stereocenters. The summed E-state index contributed by atoms with van der Waals surface area (Å²) in [6.45, 7) is 2.33. The van der Waals surface area contributed by atoms with Crippen LogP contribution in [0.25, 0.3) is 0 Å². The van der Waals surface area contributed by atoms with Crippen molar-refractivity contribution in [1.29, 1.82) is 0 Å². The van der Waals surface area contributed by atoms with E-state index in [1.165, 1.54) is 25.2 Å². The monoisotopic (exact) mass is 583 g/mol. The maximum atomic E-state index is 14.0. The lowest BCUT2D eigenvalue weighted by molar-refractivity contribution is -0.132. The summed E-state index contributed by atoms with van der Waals surface area (Å²) >= 11 is 5.23. The highest BCUT2D eigenvalue weighted by atomic mass is 127. The molecule has 154 valence electrons. The van der Waals surface area contributed by atoms with Gasteiger partial charge in [0.15, 0.2) is 0 Å². The fraction of sp³-hybridized carbons (Fsp3) is 0.417. The van der Waals surface area contributed by atoms with Crippen LogP contribution in [-0.2, 0) is 29.5 Å². The second-order valence-electron chi connectivity index (χ2n) is 7.94. The fourth-order valence-electron chi connectivity index (χ4n) is 4.84. The molecule has 0 radical (unpaired) electrons. The number of fused-ring (bicyclic) bond motifs is 3. The highest BCUT2D eigenvalue weighted by Gasteiger charge is 2.50. The molecule has 0 aromatic heterocycles. The lowest BCUT2D eigenvalue weighted by atomic mass is 9.69. The number of alkyl halides is 1. The number of halogens is 2. The van der Waals surface area contributed by atoms with Gasteiger partial charge in [0.05, 0.1) is 5.41 Å². The lowest BCUT2D eigenvalue weighted by Crippen LogP contribution is -2.55. The Morgan fingerprint density at radius 3 is 2.52 bits per heavy atom. The van der Waals surface area contributed by atoms with Gasteiger partial charge in [-0.05, 0) is 72.7 Å². The first-order valence-corrected chi connectivity index (χ1v) is 14.5. The van der Waals surface area contributed by atoms with Crippen molar-refractivity contribution in [3.05, 3.63) is 69.2 Å². The van der Waals surface area contributed by atoms with Crippen LogP contribution >= 0.6 is 48.4 Å². The van der Waals surface area contributed by atoms with Gasteiger partial charge in [-0.2, -0.15) is 0 Å². The minimum absolute atomic E-state index is 0.228. The van der Waals surface area contributed by atoms with Crippen LogP contribution in [0.15, 0.2) is 46.9 Å². The summed E-state index contributed by atoms with van der Waals surface area (Å²) in [5.41, 5.74) is 5.09. The summed E-state index contributed by atoms with van der Waals surface area (Å²) in [6.07, 6.45) is 7.22. The maximum absolute atomic E-state index is 14.0. The third-order valence-electron chi connectivity index (χ3n) is 6.41. The van der Waals surface area contributed by atoms with Gasteiger partial charge in [-0.1, -0.05) is 73.9 Å². The Hall–Kier alpha value is -0.660. The minimum atomic E-state index is -0.426. The maximum Gasteiger partial charge on any atom is 0.239 e. The summed E-state index contributed by atoms with van der Waals surface area (Å²) in [5, 5.41) is 0. The van der Waals surface area contributed by atoms with Crippen molar-refractivity contribution < 1.29 is 4.79 Å². The van der Waals surface area contributed by atoms with Crippen LogP contribution in [0.3, 0.4) is 0 Å². The number of carbonyl (C=O) groups is 1. The Morgan fingerprint density at radius 1 is 1.10 bits per heavy atom. The smallest absolute Gasteiger partial charge is 0.239 e. The zero-order valence-electron chi connectivity index (χ0n) is 17.2. The van der Waals surface area contributed by atoms with Gasteiger partial charge >= 0.3 is 0 Å². The second kappa shape index (κ2) is 8.83. The topological polar surface area (TPSA) is 20.3 Å². The lowest BCUT2D eigenvalue weighted by Gasteiger charge is -2.45. The average Bonchev–Trinajstić information content (AvgIpc) is 2.73. The van der Waals surface area contributed by atoms with Crippen LogP contribution in [0.5, 0.6) is 0 Å². The number of thioether (sulfide) groups is 1. The molecular formula is C24H27BrINOS. The largest absolute Gasteiger partial charge is 0.305 e. The number of benzene rings is 2. The minimum Gasteiger partial charge on any atom is -0.305 e. The van der Waals surface area contributed by atoms with Crippen LogP contribution in [0, 0.1) is 0 Å². The van der Waals surface area contributed by atoms with Crippen molar-refractivity contribution in [1.82, 2.24) is 4.90 Å². The fourth-order valence-corrected chi connectivity index (χ4v) is 10.2. The summed E-state index contributed by atoms with van der Waals surface area (Å²) < 4.78 is 2.75. The third-order valence-corrected chi connectivity index (χ3v) is 12.7. The zero-order chi connectivity index (χ0) is 20.6. The highest BCUT2D eigenvalue weighted by molar-refractivity contribution is 14.2. The van der Waals surface area contributed by atoms with Gasteiger partial charge in [0.25, 0.3) is 0 Å². The molecule has 0 saturated heterocycles. The summed E-state index contributed by atoms with van der Waals surface area (Å²) in [5.74, 6) is 0.290. The molecule has 0 bridgehead atoms. The van der Waals surface area contributed by atoms with Gasteiger partial charge in [0, 0.05) is 15.4 Å². The van der Waals surface area contributed by atoms with Crippen molar-refractivity contribution in [2.75, 3.05) is 13.3 Å². The molecule has 1 amide bonds. The molecule has 0 N–H and O–H groups in total. The van der Waals surface area contributed by atoms with Crippen molar-refractivity contribution in [2.45, 2.75) is 48.4 Å². The van der Waals surface area contributed by atoms with Gasteiger partial charge < -0.3 is 4.90 Å². The van der Waals surface area contributed by atoms with Crippen LogP contribution in [0.1, 0.15) is 42.0 Å². The molecule has 1 heterocycles. The molecule has 2 aliphatic rings. The number of rotatable bonds is 1.